The van der Waals surface area contributed by atoms with Crippen LogP contribution in [0.3, 0.4) is 0 Å². The Balaban J connectivity index is 1.44. The van der Waals surface area contributed by atoms with Gasteiger partial charge in [-0.1, -0.05) is 121 Å². The van der Waals surface area contributed by atoms with Gasteiger partial charge in [0.05, 0.1) is 11.3 Å². The summed E-state index contributed by atoms with van der Waals surface area (Å²) < 4.78 is 0. The predicted octanol–water partition coefficient (Wildman–Crippen LogP) is 8.22. The van der Waals surface area contributed by atoms with E-state index in [-0.39, 0.29) is 5.75 Å². The fourth-order valence-electron chi connectivity index (χ4n) is 5.13. The lowest BCUT2D eigenvalue weighted by Gasteiger charge is -2.42. The lowest BCUT2D eigenvalue weighted by molar-refractivity contribution is -0.0941. The van der Waals surface area contributed by atoms with Crippen molar-refractivity contribution in [3.05, 3.63) is 59.7 Å². The molecular weight excluding hydrogens is 436 g/mol. The number of phenols is 1. The number of unbranched alkanes of at least 4 members (excludes halogenated alkanes) is 13. The Kier molecular flexibility index (Phi) is 11.4. The van der Waals surface area contributed by atoms with Gasteiger partial charge >= 0.3 is 0 Å². The molecular formula is C30H44N2O3. The minimum Gasteiger partial charge on any atom is -0.508 e. The van der Waals surface area contributed by atoms with Crippen molar-refractivity contribution < 1.29 is 15.1 Å². The molecule has 0 saturated heterocycles. The minimum atomic E-state index is -0.736. The predicted molar refractivity (Wildman–Crippen MR) is 143 cm³/mol. The highest BCUT2D eigenvalue weighted by molar-refractivity contribution is 6.01. The molecule has 0 radical (unpaired) electrons. The number of aromatic hydroxyl groups is 1. The third-order valence-electron chi connectivity index (χ3n) is 7.15. The summed E-state index contributed by atoms with van der Waals surface area (Å²) in [5.41, 5.74) is 1.83. The number of carbonyl (C=O) groups is 1. The molecule has 1 aliphatic heterocycles. The Morgan fingerprint density at radius 3 is 1.83 bits per heavy atom. The Hall–Kier alpha value is -2.53. The maximum atomic E-state index is 12.8. The van der Waals surface area contributed by atoms with Crippen LogP contribution in [0.25, 0.3) is 0 Å². The Morgan fingerprint density at radius 1 is 0.714 bits per heavy atom. The Bertz CT molecular complexity index is 901. The number of benzene rings is 2. The molecule has 0 spiro atoms. The number of anilines is 1. The van der Waals surface area contributed by atoms with Gasteiger partial charge in [0.1, 0.15) is 5.75 Å². The van der Waals surface area contributed by atoms with Crippen LogP contribution in [0.5, 0.6) is 5.75 Å². The van der Waals surface area contributed by atoms with Crippen LogP contribution in [0.4, 0.5) is 5.69 Å². The van der Waals surface area contributed by atoms with E-state index in [0.29, 0.717) is 17.7 Å². The zero-order chi connectivity index (χ0) is 24.9. The van der Waals surface area contributed by atoms with Gasteiger partial charge in [-0.15, -0.1) is 0 Å². The zero-order valence-corrected chi connectivity index (χ0v) is 21.5. The van der Waals surface area contributed by atoms with E-state index < -0.39 is 12.1 Å². The maximum absolute atomic E-state index is 12.8. The molecule has 1 unspecified atom stereocenters. The quantitative estimate of drug-likeness (QED) is 0.188. The number of para-hydroxylation sites is 2. The molecule has 1 aliphatic rings. The van der Waals surface area contributed by atoms with Crippen molar-refractivity contribution in [1.29, 1.82) is 0 Å². The topological polar surface area (TPSA) is 64.0 Å². The number of nitrogens with zero attached hydrogens (tertiary/aromatic N) is 2. The first kappa shape index (κ1) is 27.1. The van der Waals surface area contributed by atoms with E-state index in [0.717, 1.165) is 23.6 Å². The summed E-state index contributed by atoms with van der Waals surface area (Å²) in [4.78, 5) is 14.9. The van der Waals surface area contributed by atoms with Crippen LogP contribution < -0.4 is 4.90 Å². The molecule has 0 fully saturated rings. The molecule has 5 heteroatoms. The monoisotopic (exact) mass is 480 g/mol. The van der Waals surface area contributed by atoms with Gasteiger partial charge in [-0.3, -0.25) is 10.0 Å². The summed E-state index contributed by atoms with van der Waals surface area (Å²) in [6, 6.07) is 14.3. The highest BCUT2D eigenvalue weighted by atomic mass is 16.5. The third kappa shape index (κ3) is 7.73. The van der Waals surface area contributed by atoms with Gasteiger partial charge in [0, 0.05) is 12.1 Å². The molecule has 1 amide bonds. The fourth-order valence-corrected chi connectivity index (χ4v) is 5.13. The van der Waals surface area contributed by atoms with Gasteiger partial charge in [0.15, 0.2) is 6.17 Å². The van der Waals surface area contributed by atoms with Gasteiger partial charge in [0.2, 0.25) is 0 Å². The number of phenolic OH excluding ortho intramolecular Hbond substituents is 1. The second-order valence-electron chi connectivity index (χ2n) is 9.89. The van der Waals surface area contributed by atoms with Gasteiger partial charge < -0.3 is 10.0 Å². The van der Waals surface area contributed by atoms with Crippen LogP contribution in [-0.2, 0) is 0 Å². The number of hydrogen-bond donors (Lipinski definition) is 2. The molecule has 5 nitrogen and oxygen atoms in total. The van der Waals surface area contributed by atoms with Crippen LogP contribution >= 0.6 is 0 Å². The third-order valence-corrected chi connectivity index (χ3v) is 7.15. The van der Waals surface area contributed by atoms with E-state index in [4.69, 9.17) is 0 Å². The molecule has 0 aliphatic carbocycles. The first-order valence-corrected chi connectivity index (χ1v) is 13.8. The van der Waals surface area contributed by atoms with Crippen LogP contribution in [0.15, 0.2) is 48.5 Å². The summed E-state index contributed by atoms with van der Waals surface area (Å²) in [7, 11) is 0. The van der Waals surface area contributed by atoms with Gasteiger partial charge in [0.25, 0.3) is 5.91 Å². The lowest BCUT2D eigenvalue weighted by atomic mass is 10.0. The maximum Gasteiger partial charge on any atom is 0.281 e. The molecule has 1 heterocycles. The molecule has 1 atom stereocenters. The second-order valence-corrected chi connectivity index (χ2v) is 9.89. The standard InChI is InChI=1S/C30H44N2O3/c1-2-3-4-5-6-7-8-9-10-11-12-13-14-19-24-31-27-22-17-15-20-25(27)30(34)32(35)29(31)26-21-16-18-23-28(26)33/h15-18,20-23,29,33,35H,2-14,19,24H2,1H3. The summed E-state index contributed by atoms with van der Waals surface area (Å²) in [6.45, 7) is 2.98. The van der Waals surface area contributed by atoms with E-state index in [1.165, 1.54) is 77.0 Å². The van der Waals surface area contributed by atoms with Crippen LogP contribution in [0, 0.1) is 0 Å². The summed E-state index contributed by atoms with van der Waals surface area (Å²) in [5.74, 6) is -0.360. The molecule has 192 valence electrons. The fraction of sp³-hybridized carbons (Fsp3) is 0.567. The van der Waals surface area contributed by atoms with E-state index in [2.05, 4.69) is 6.92 Å². The highest BCUT2D eigenvalue weighted by Gasteiger charge is 2.38. The molecule has 0 bridgehead atoms. The zero-order valence-electron chi connectivity index (χ0n) is 21.5. The van der Waals surface area contributed by atoms with Crippen LogP contribution in [0.1, 0.15) is 119 Å². The Labute approximate surface area is 211 Å². The second kappa shape index (κ2) is 14.8. The van der Waals surface area contributed by atoms with Crippen LogP contribution in [0.2, 0.25) is 0 Å². The minimum absolute atomic E-state index is 0.0784. The highest BCUT2D eigenvalue weighted by Crippen LogP contribution is 2.40. The molecule has 0 saturated carbocycles. The van der Waals surface area contributed by atoms with Gasteiger partial charge in [-0.2, -0.15) is 5.06 Å². The SMILES string of the molecule is CCCCCCCCCCCCCCCCN1c2ccccc2C(=O)N(O)C1c1ccccc1O. The molecule has 2 aromatic rings. The van der Waals surface area contributed by atoms with Crippen molar-refractivity contribution >= 4 is 11.6 Å². The van der Waals surface area contributed by atoms with E-state index in [1.54, 1.807) is 24.3 Å². The van der Waals surface area contributed by atoms with Crippen molar-refractivity contribution in [2.75, 3.05) is 11.4 Å². The number of fused-ring (bicyclic) bond motifs is 1. The molecule has 2 N–H and O–H groups in total. The molecule has 3 rings (SSSR count). The average Bonchev–Trinajstić information content (AvgIpc) is 2.88. The van der Waals surface area contributed by atoms with E-state index in [1.807, 2.05) is 29.2 Å². The first-order valence-electron chi connectivity index (χ1n) is 13.8. The number of hydrogen-bond acceptors (Lipinski definition) is 4. The molecule has 0 aromatic heterocycles. The van der Waals surface area contributed by atoms with Crippen molar-refractivity contribution in [2.45, 2.75) is 103 Å². The van der Waals surface area contributed by atoms with E-state index >= 15 is 0 Å². The number of carbonyl (C=O) groups excluding carboxylic acids is 1. The van der Waals surface area contributed by atoms with Crippen LogP contribution in [-0.4, -0.2) is 27.8 Å². The lowest BCUT2D eigenvalue weighted by Crippen LogP contribution is -2.48. The first-order chi connectivity index (χ1) is 17.1. The number of hydroxylamine groups is 2. The van der Waals surface area contributed by atoms with Crippen molar-refractivity contribution in [1.82, 2.24) is 5.06 Å². The summed E-state index contributed by atoms with van der Waals surface area (Å²) in [5, 5.41) is 22.0. The normalized spacial score (nSPS) is 15.5. The van der Waals surface area contributed by atoms with Gasteiger partial charge in [-0.05, 0) is 24.6 Å². The number of amides is 1. The summed E-state index contributed by atoms with van der Waals surface area (Å²) >= 11 is 0. The smallest absolute Gasteiger partial charge is 0.281 e. The number of rotatable bonds is 16. The largest absolute Gasteiger partial charge is 0.508 e. The van der Waals surface area contributed by atoms with Crippen molar-refractivity contribution in [3.63, 3.8) is 0 Å². The van der Waals surface area contributed by atoms with Crippen molar-refractivity contribution in [3.8, 4) is 5.75 Å². The molecule has 35 heavy (non-hydrogen) atoms. The van der Waals surface area contributed by atoms with Gasteiger partial charge in [-0.25, -0.2) is 0 Å². The van der Waals surface area contributed by atoms with Crippen molar-refractivity contribution in [2.24, 2.45) is 0 Å². The molecule has 2 aromatic carbocycles. The van der Waals surface area contributed by atoms with E-state index in [9.17, 15) is 15.1 Å². The summed E-state index contributed by atoms with van der Waals surface area (Å²) in [6.07, 6.45) is 17.5. The average molecular weight is 481 g/mol. The Morgan fingerprint density at radius 2 is 1.23 bits per heavy atom.